The van der Waals surface area contributed by atoms with Crippen molar-refractivity contribution in [3.05, 3.63) is 72.1 Å². The Balaban J connectivity index is 0.000000458. The maximum atomic E-state index is 5.60. The summed E-state index contributed by atoms with van der Waals surface area (Å²) in [6.45, 7) is 6.67. The lowest BCUT2D eigenvalue weighted by Gasteiger charge is -2.10. The minimum absolute atomic E-state index is 0.619. The maximum absolute atomic E-state index is 5.60. The molecular weight excluding hydrogens is 308 g/mol. The molecule has 1 aromatic carbocycles. The van der Waals surface area contributed by atoms with Crippen LogP contribution < -0.4 is 22.1 Å². The van der Waals surface area contributed by atoms with E-state index in [1.807, 2.05) is 63.4 Å². The van der Waals surface area contributed by atoms with Gasteiger partial charge in [0.15, 0.2) is 0 Å². The molecule has 0 bridgehead atoms. The molecule has 0 atom stereocenters. The van der Waals surface area contributed by atoms with Gasteiger partial charge in [-0.25, -0.2) is 0 Å². The highest BCUT2D eigenvalue weighted by molar-refractivity contribution is 5.55. The highest BCUT2D eigenvalue weighted by atomic mass is 14.9. The Bertz CT molecular complexity index is 566. The number of anilines is 2. The van der Waals surface area contributed by atoms with Crippen LogP contribution in [0.1, 0.15) is 33.6 Å². The van der Waals surface area contributed by atoms with E-state index in [1.165, 1.54) is 11.4 Å². The van der Waals surface area contributed by atoms with Crippen LogP contribution in [0, 0.1) is 0 Å². The fraction of sp³-hybridized carbons (Fsp3) is 0.333. The van der Waals surface area contributed by atoms with Crippen LogP contribution in [0.2, 0.25) is 0 Å². The third-order valence-electron chi connectivity index (χ3n) is 3.28. The van der Waals surface area contributed by atoms with E-state index in [4.69, 9.17) is 11.5 Å². The van der Waals surface area contributed by atoms with Gasteiger partial charge in [-0.2, -0.15) is 0 Å². The van der Waals surface area contributed by atoms with Crippen molar-refractivity contribution in [2.24, 2.45) is 5.73 Å². The van der Waals surface area contributed by atoms with Crippen LogP contribution in [0.3, 0.4) is 0 Å². The molecule has 0 unspecified atom stereocenters. The standard InChI is InChI=1S/C12H14N2.C7H14N2.C2H6/c13-10-6-8-12(9-7-10)14-11-4-2-1-3-5-11;1-7(9-2)5-3-4-6-8;1-2/h2,4-9,14H,1,3,13H2;3-5,9H,6,8H2,1-2H3;1-2H3/p+1/b;4-3-,7-5-;. The smallest absolute Gasteiger partial charge is 0.102 e. The van der Waals surface area contributed by atoms with E-state index in [1.54, 1.807) is 0 Å². The first kappa shape index (κ1) is 22.7. The first-order valence-electron chi connectivity index (χ1n) is 8.98. The Labute approximate surface area is 153 Å². The number of rotatable bonds is 5. The van der Waals surface area contributed by atoms with Crippen LogP contribution in [0.25, 0.3) is 0 Å². The molecule has 1 aliphatic rings. The Morgan fingerprint density at radius 3 is 2.40 bits per heavy atom. The molecule has 0 amide bonds. The molecule has 7 N–H and O–H groups in total. The lowest BCUT2D eigenvalue weighted by Crippen LogP contribution is -2.76. The summed E-state index contributed by atoms with van der Waals surface area (Å²) in [5.74, 6) is 0. The van der Waals surface area contributed by atoms with Crippen LogP contribution in [0.15, 0.2) is 72.1 Å². The summed E-state index contributed by atoms with van der Waals surface area (Å²) in [6, 6.07) is 7.77. The van der Waals surface area contributed by atoms with Gasteiger partial charge in [0.2, 0.25) is 0 Å². The molecule has 25 heavy (non-hydrogen) atoms. The van der Waals surface area contributed by atoms with Crippen LogP contribution in [-0.2, 0) is 0 Å². The van der Waals surface area contributed by atoms with E-state index in [9.17, 15) is 0 Å². The van der Waals surface area contributed by atoms with Crippen molar-refractivity contribution in [3.63, 3.8) is 0 Å². The van der Waals surface area contributed by atoms with Gasteiger partial charge in [-0.15, -0.1) is 0 Å². The van der Waals surface area contributed by atoms with E-state index in [-0.39, 0.29) is 0 Å². The lowest BCUT2D eigenvalue weighted by atomic mass is 10.1. The summed E-state index contributed by atoms with van der Waals surface area (Å²) in [5, 5.41) is 5.38. The van der Waals surface area contributed by atoms with Gasteiger partial charge < -0.3 is 22.1 Å². The summed E-state index contributed by atoms with van der Waals surface area (Å²) in [7, 11) is 2.02. The fourth-order valence-electron chi connectivity index (χ4n) is 1.83. The van der Waals surface area contributed by atoms with E-state index in [0.717, 1.165) is 24.2 Å². The molecule has 0 spiro atoms. The van der Waals surface area contributed by atoms with Crippen molar-refractivity contribution in [2.75, 3.05) is 24.6 Å². The number of nitrogens with two attached hydrogens (primary N) is 3. The van der Waals surface area contributed by atoms with Crippen LogP contribution >= 0.6 is 0 Å². The number of nitrogens with one attached hydrogen (secondary N) is 1. The first-order chi connectivity index (χ1) is 12.2. The number of quaternary nitrogens is 1. The van der Waals surface area contributed by atoms with Gasteiger partial charge in [-0.05, 0) is 49.3 Å². The molecule has 0 aliphatic heterocycles. The zero-order valence-electron chi connectivity index (χ0n) is 16.1. The number of hydrogen-bond donors (Lipinski definition) is 4. The second-order valence-corrected chi connectivity index (χ2v) is 5.25. The highest BCUT2D eigenvalue weighted by Gasteiger charge is 1.97. The minimum Gasteiger partial charge on any atom is -0.399 e. The molecule has 0 saturated heterocycles. The van der Waals surface area contributed by atoms with Gasteiger partial charge in [-0.3, -0.25) is 0 Å². The Morgan fingerprint density at radius 2 is 1.88 bits per heavy atom. The average molecular weight is 344 g/mol. The SMILES string of the molecule is CC.C[NH2+]/C(C)=C\C=C/CN.Nc1ccc(NC2=CCCC=C2)cc1. The summed E-state index contributed by atoms with van der Waals surface area (Å²) in [4.78, 5) is 0. The van der Waals surface area contributed by atoms with Gasteiger partial charge >= 0.3 is 0 Å². The summed E-state index contributed by atoms with van der Waals surface area (Å²) in [6.07, 6.45) is 14.7. The molecule has 1 aromatic rings. The average Bonchev–Trinajstić information content (AvgIpc) is 2.67. The van der Waals surface area contributed by atoms with Crippen molar-refractivity contribution in [1.82, 2.24) is 0 Å². The molecule has 0 heterocycles. The predicted octanol–water partition coefficient (Wildman–Crippen LogP) is 3.54. The zero-order valence-corrected chi connectivity index (χ0v) is 16.1. The number of benzene rings is 1. The van der Waals surface area contributed by atoms with Crippen LogP contribution in [0.4, 0.5) is 11.4 Å². The first-order valence-corrected chi connectivity index (χ1v) is 8.98. The van der Waals surface area contributed by atoms with Crippen LogP contribution in [-0.4, -0.2) is 13.6 Å². The number of nitrogen functional groups attached to an aromatic ring is 1. The fourth-order valence-corrected chi connectivity index (χ4v) is 1.83. The van der Waals surface area contributed by atoms with Gasteiger partial charge in [0, 0.05) is 30.5 Å². The monoisotopic (exact) mass is 343 g/mol. The number of hydrogen-bond acceptors (Lipinski definition) is 3. The molecule has 0 aromatic heterocycles. The topological polar surface area (TPSA) is 80.7 Å². The lowest BCUT2D eigenvalue weighted by molar-refractivity contribution is -0.575. The molecule has 1 aliphatic carbocycles. The van der Waals surface area contributed by atoms with Crippen molar-refractivity contribution < 1.29 is 5.32 Å². The molecule has 2 rings (SSSR count). The van der Waals surface area contributed by atoms with Crippen LogP contribution in [0.5, 0.6) is 0 Å². The Kier molecular flexibility index (Phi) is 13.8. The van der Waals surface area contributed by atoms with Crippen molar-refractivity contribution >= 4 is 11.4 Å². The van der Waals surface area contributed by atoms with Gasteiger partial charge in [0.05, 0.1) is 7.05 Å². The van der Waals surface area contributed by atoms with Crippen molar-refractivity contribution in [3.8, 4) is 0 Å². The largest absolute Gasteiger partial charge is 0.399 e. The van der Waals surface area contributed by atoms with Crippen molar-refractivity contribution in [2.45, 2.75) is 33.6 Å². The minimum atomic E-state index is 0.619. The van der Waals surface area contributed by atoms with E-state index in [0.29, 0.717) is 6.54 Å². The second-order valence-electron chi connectivity index (χ2n) is 5.25. The summed E-state index contributed by atoms with van der Waals surface area (Å²) in [5.41, 5.74) is 15.1. The van der Waals surface area contributed by atoms with Gasteiger partial charge in [0.25, 0.3) is 0 Å². The molecule has 4 nitrogen and oxygen atoms in total. The molecule has 0 radical (unpaired) electrons. The maximum Gasteiger partial charge on any atom is 0.102 e. The third-order valence-corrected chi connectivity index (χ3v) is 3.28. The molecule has 0 fully saturated rings. The third kappa shape index (κ3) is 11.8. The molecule has 138 valence electrons. The van der Waals surface area contributed by atoms with E-state index in [2.05, 4.69) is 35.8 Å². The van der Waals surface area contributed by atoms with E-state index < -0.39 is 0 Å². The predicted molar refractivity (Wildman–Crippen MR) is 112 cm³/mol. The second kappa shape index (κ2) is 15.2. The Hall–Kier alpha value is -2.30. The summed E-state index contributed by atoms with van der Waals surface area (Å²) < 4.78 is 0. The Morgan fingerprint density at radius 1 is 1.20 bits per heavy atom. The normalized spacial score (nSPS) is 13.3. The summed E-state index contributed by atoms with van der Waals surface area (Å²) >= 11 is 0. The van der Waals surface area contributed by atoms with Gasteiger partial charge in [-0.1, -0.05) is 38.2 Å². The zero-order chi connectivity index (χ0) is 18.9. The highest BCUT2D eigenvalue weighted by Crippen LogP contribution is 2.16. The quantitative estimate of drug-likeness (QED) is 0.487. The molecule has 4 heteroatoms. The molecule has 0 saturated carbocycles. The van der Waals surface area contributed by atoms with Gasteiger partial charge in [0.1, 0.15) is 5.70 Å². The molecular formula is C21H35N4+. The number of allylic oxidation sites excluding steroid dienone is 6. The van der Waals surface area contributed by atoms with E-state index >= 15 is 0 Å². The van der Waals surface area contributed by atoms with Crippen molar-refractivity contribution in [1.29, 1.82) is 0 Å².